The highest BCUT2D eigenvalue weighted by molar-refractivity contribution is 6.03. The molecule has 4 nitrogen and oxygen atoms in total. The van der Waals surface area contributed by atoms with Crippen LogP contribution in [0.2, 0.25) is 0 Å². The van der Waals surface area contributed by atoms with Gasteiger partial charge in [-0.25, -0.2) is 10.3 Å². The van der Waals surface area contributed by atoms with Crippen molar-refractivity contribution in [1.82, 2.24) is 4.90 Å². The first-order chi connectivity index (χ1) is 16.9. The Morgan fingerprint density at radius 1 is 0.647 bits per heavy atom. The lowest BCUT2D eigenvalue weighted by Gasteiger charge is -2.32. The molecule has 0 aromatic heterocycles. The maximum atomic E-state index is 3.75. The molecule has 3 aliphatic heterocycles. The van der Waals surface area contributed by atoms with E-state index in [0.29, 0.717) is 0 Å². The predicted molar refractivity (Wildman–Crippen MR) is 135 cm³/mol. The fraction of sp³-hybridized carbons (Fsp3) is 0.167. The van der Waals surface area contributed by atoms with E-state index in [0.717, 1.165) is 26.2 Å². The van der Waals surface area contributed by atoms with Gasteiger partial charge in [0.05, 0.1) is 18.5 Å². The molecular weight excluding hydrogens is 416 g/mol. The molecule has 0 radical (unpaired) electrons. The summed E-state index contributed by atoms with van der Waals surface area (Å²) in [6.07, 6.45) is 0. The van der Waals surface area contributed by atoms with Crippen molar-refractivity contribution in [1.29, 1.82) is 0 Å². The van der Waals surface area contributed by atoms with Gasteiger partial charge in [0.15, 0.2) is 0 Å². The second kappa shape index (κ2) is 5.71. The van der Waals surface area contributed by atoms with Crippen LogP contribution in [0.15, 0.2) is 84.9 Å². The van der Waals surface area contributed by atoms with Crippen molar-refractivity contribution >= 4 is 17.3 Å². The Labute approximate surface area is 198 Å². The minimum Gasteiger partial charge on any atom is -0.256 e. The van der Waals surface area contributed by atoms with E-state index >= 15 is 0 Å². The molecule has 9 rings (SSSR count). The molecule has 4 heteroatoms. The lowest BCUT2D eigenvalue weighted by Crippen LogP contribution is -2.41. The molecule has 162 valence electrons. The van der Waals surface area contributed by atoms with E-state index in [-0.39, 0.29) is 5.41 Å². The fourth-order valence-corrected chi connectivity index (χ4v) is 7.36. The predicted octanol–water partition coefficient (Wildman–Crippen LogP) is 4.87. The number of anilines is 2. The highest BCUT2D eigenvalue weighted by Crippen LogP contribution is 2.63. The molecule has 0 amide bonds. The van der Waals surface area contributed by atoms with E-state index < -0.39 is 0 Å². The molecular formula is C30H23N4+. The zero-order chi connectivity index (χ0) is 22.0. The number of hydrazone groups is 1. The molecule has 0 unspecified atom stereocenters. The third-order valence-corrected chi connectivity index (χ3v) is 8.61. The number of benzene rings is 4. The first kappa shape index (κ1) is 17.4. The van der Waals surface area contributed by atoms with Crippen LogP contribution >= 0.6 is 0 Å². The van der Waals surface area contributed by atoms with Crippen molar-refractivity contribution < 1.29 is 4.68 Å². The quantitative estimate of drug-likeness (QED) is 0.341. The third kappa shape index (κ3) is 1.77. The van der Waals surface area contributed by atoms with Crippen molar-refractivity contribution in [2.75, 3.05) is 36.5 Å². The minimum absolute atomic E-state index is 0.273. The summed E-state index contributed by atoms with van der Waals surface area (Å²) in [5.41, 5.74) is 17.1. The van der Waals surface area contributed by atoms with Crippen LogP contribution in [0.3, 0.4) is 0 Å². The van der Waals surface area contributed by atoms with Gasteiger partial charge in [0.1, 0.15) is 24.5 Å². The van der Waals surface area contributed by atoms with Crippen molar-refractivity contribution in [3.8, 4) is 22.3 Å². The second-order valence-electron chi connectivity index (χ2n) is 10.0. The smallest absolute Gasteiger partial charge is 0.256 e. The summed E-state index contributed by atoms with van der Waals surface area (Å²) in [5, 5.41) is 0. The summed E-state index contributed by atoms with van der Waals surface area (Å²) in [4.78, 5) is 5.04. The summed E-state index contributed by atoms with van der Waals surface area (Å²) in [5.74, 6) is 1.32. The monoisotopic (exact) mass is 439 g/mol. The number of hydrogen-bond acceptors (Lipinski definition) is 3. The Kier molecular flexibility index (Phi) is 2.93. The molecule has 1 spiro atoms. The average molecular weight is 440 g/mol. The van der Waals surface area contributed by atoms with Crippen LogP contribution in [0.5, 0.6) is 0 Å². The Balaban J connectivity index is 1.41. The molecule has 4 aromatic carbocycles. The number of nitrogens with one attached hydrogen (secondary N) is 1. The van der Waals surface area contributed by atoms with Gasteiger partial charge in [0, 0.05) is 0 Å². The van der Waals surface area contributed by atoms with Crippen LogP contribution in [-0.2, 0) is 5.41 Å². The molecule has 3 heterocycles. The van der Waals surface area contributed by atoms with Crippen molar-refractivity contribution in [3.05, 3.63) is 107 Å². The number of nitrogens with zero attached hydrogens (tertiary/aromatic N) is 3. The maximum absolute atomic E-state index is 3.75. The zero-order valence-corrected chi connectivity index (χ0v) is 18.8. The topological polar surface area (TPSA) is 21.5 Å². The van der Waals surface area contributed by atoms with E-state index in [9.17, 15) is 0 Å². The third-order valence-electron chi connectivity index (χ3n) is 8.61. The standard InChI is InChI=1S/C30H23N4/c1-4-10-23-19(7-1)20-8-2-5-11-24(20)30(23)25-12-6-3-9-21(25)22-17-27-28(18-26(22)30)33-15-13-32-14-16-34(31-27)29(32)33/h1-12,17-18,31H,13-16H2/q+1. The van der Waals surface area contributed by atoms with Crippen LogP contribution in [-0.4, -0.2) is 41.7 Å². The van der Waals surface area contributed by atoms with Crippen molar-refractivity contribution in [3.63, 3.8) is 0 Å². The molecule has 34 heavy (non-hydrogen) atoms. The molecule has 0 saturated carbocycles. The second-order valence-corrected chi connectivity index (χ2v) is 10.0. The van der Waals surface area contributed by atoms with Crippen molar-refractivity contribution in [2.45, 2.75) is 5.41 Å². The van der Waals surface area contributed by atoms with E-state index in [1.165, 1.54) is 61.8 Å². The molecule has 0 atom stereocenters. The lowest BCUT2D eigenvalue weighted by molar-refractivity contribution is -0.487. The molecule has 5 aliphatic rings. The summed E-state index contributed by atoms with van der Waals surface area (Å²) in [6.45, 7) is 4.27. The maximum Gasteiger partial charge on any atom is 0.378 e. The molecule has 1 N–H and O–H groups in total. The van der Waals surface area contributed by atoms with Crippen LogP contribution < -0.4 is 10.3 Å². The Bertz CT molecular complexity index is 1570. The van der Waals surface area contributed by atoms with Crippen LogP contribution in [0.4, 0.5) is 11.4 Å². The van der Waals surface area contributed by atoms with Gasteiger partial charge in [-0.1, -0.05) is 72.8 Å². The minimum atomic E-state index is -0.273. The van der Waals surface area contributed by atoms with E-state index in [2.05, 4.69) is 105 Å². The molecule has 1 saturated heterocycles. The van der Waals surface area contributed by atoms with Crippen molar-refractivity contribution in [2.24, 2.45) is 0 Å². The number of rotatable bonds is 0. The van der Waals surface area contributed by atoms with Gasteiger partial charge in [0.25, 0.3) is 0 Å². The lowest BCUT2D eigenvalue weighted by atomic mass is 9.70. The number of hydrazine groups is 1. The largest absolute Gasteiger partial charge is 0.378 e. The van der Waals surface area contributed by atoms with E-state index in [4.69, 9.17) is 0 Å². The highest BCUT2D eigenvalue weighted by Gasteiger charge is 2.53. The molecule has 2 aliphatic carbocycles. The molecule has 0 bridgehead atoms. The molecule has 4 aromatic rings. The van der Waals surface area contributed by atoms with Gasteiger partial charge in [-0.05, 0) is 56.6 Å². The van der Waals surface area contributed by atoms with E-state index in [1.807, 2.05) is 0 Å². The average Bonchev–Trinajstić information content (AvgIpc) is 3.63. The van der Waals surface area contributed by atoms with Crippen LogP contribution in [0, 0.1) is 0 Å². The zero-order valence-electron chi connectivity index (χ0n) is 18.8. The Morgan fingerprint density at radius 2 is 1.26 bits per heavy atom. The fourth-order valence-electron chi connectivity index (χ4n) is 7.36. The highest BCUT2D eigenvalue weighted by atomic mass is 15.6. The number of hydrogen-bond donors (Lipinski definition) is 1. The van der Waals surface area contributed by atoms with Gasteiger partial charge in [-0.2, -0.15) is 4.68 Å². The SMILES string of the molecule is c1ccc2c(c1)-c1ccccc1C21c2ccccc2-c2cc3c(cc21)N1CCN2CC[N+](=C21)N3. The number of guanidine groups is 1. The van der Waals surface area contributed by atoms with Gasteiger partial charge in [0.2, 0.25) is 0 Å². The summed E-state index contributed by atoms with van der Waals surface area (Å²) < 4.78 is 2.33. The van der Waals surface area contributed by atoms with Gasteiger partial charge >= 0.3 is 5.96 Å². The first-order valence-corrected chi connectivity index (χ1v) is 12.3. The van der Waals surface area contributed by atoms with Crippen LogP contribution in [0.25, 0.3) is 22.3 Å². The Hall–Kier alpha value is -4.05. The summed E-state index contributed by atoms with van der Waals surface area (Å²) >= 11 is 0. The van der Waals surface area contributed by atoms with Gasteiger partial charge in [-0.3, -0.25) is 4.90 Å². The van der Waals surface area contributed by atoms with Gasteiger partial charge in [-0.15, -0.1) is 0 Å². The normalized spacial score (nSPS) is 18.9. The Morgan fingerprint density at radius 3 is 1.94 bits per heavy atom. The molecule has 1 fully saturated rings. The number of fused-ring (bicyclic) bond motifs is 12. The summed E-state index contributed by atoms with van der Waals surface area (Å²) in [6, 6.07) is 32.0. The summed E-state index contributed by atoms with van der Waals surface area (Å²) in [7, 11) is 0. The van der Waals surface area contributed by atoms with E-state index in [1.54, 1.807) is 0 Å². The van der Waals surface area contributed by atoms with Crippen LogP contribution in [0.1, 0.15) is 22.3 Å². The first-order valence-electron chi connectivity index (χ1n) is 12.3. The van der Waals surface area contributed by atoms with Gasteiger partial charge < -0.3 is 0 Å².